The number of carbonyl (C=O) groups is 1. The standard InChI is InChI=1S/C13H25NOS/c1-13(2,3)16-10-9-12(15)14-11-7-5-4-6-8-11/h11H,4-10H2,1-3H3,(H,14,15). The summed E-state index contributed by atoms with van der Waals surface area (Å²) in [7, 11) is 0. The Morgan fingerprint density at radius 2 is 1.88 bits per heavy atom. The average molecular weight is 243 g/mol. The summed E-state index contributed by atoms with van der Waals surface area (Å²) >= 11 is 1.86. The summed E-state index contributed by atoms with van der Waals surface area (Å²) < 4.78 is 0.269. The number of carbonyl (C=O) groups excluding carboxylic acids is 1. The van der Waals surface area contributed by atoms with E-state index in [9.17, 15) is 4.79 Å². The zero-order valence-corrected chi connectivity index (χ0v) is 11.7. The second-order valence-corrected chi connectivity index (χ2v) is 7.53. The molecular formula is C13H25NOS. The third-order valence-corrected chi connectivity index (χ3v) is 4.11. The maximum absolute atomic E-state index is 11.7. The normalized spacial score (nSPS) is 18.4. The molecule has 0 unspecified atom stereocenters. The topological polar surface area (TPSA) is 29.1 Å². The molecule has 1 fully saturated rings. The maximum atomic E-state index is 11.7. The highest BCUT2D eigenvalue weighted by atomic mass is 32.2. The van der Waals surface area contributed by atoms with E-state index in [2.05, 4.69) is 26.1 Å². The predicted octanol–water partition coefficient (Wildman–Crippen LogP) is 3.36. The molecule has 0 aromatic rings. The Balaban J connectivity index is 2.10. The molecule has 0 radical (unpaired) electrons. The molecule has 0 heterocycles. The van der Waals surface area contributed by atoms with Gasteiger partial charge in [0.25, 0.3) is 0 Å². The summed E-state index contributed by atoms with van der Waals surface area (Å²) in [6.45, 7) is 6.57. The number of nitrogens with one attached hydrogen (secondary N) is 1. The van der Waals surface area contributed by atoms with E-state index in [1.54, 1.807) is 0 Å². The number of hydrogen-bond acceptors (Lipinski definition) is 2. The van der Waals surface area contributed by atoms with Crippen LogP contribution in [0.15, 0.2) is 0 Å². The van der Waals surface area contributed by atoms with Crippen LogP contribution in [-0.2, 0) is 4.79 Å². The summed E-state index contributed by atoms with van der Waals surface area (Å²) in [5.41, 5.74) is 0. The van der Waals surface area contributed by atoms with Gasteiger partial charge in [-0.25, -0.2) is 0 Å². The summed E-state index contributed by atoms with van der Waals surface area (Å²) in [5.74, 6) is 1.17. The molecule has 1 aliphatic carbocycles. The van der Waals surface area contributed by atoms with Crippen LogP contribution in [0.3, 0.4) is 0 Å². The zero-order chi connectivity index (χ0) is 12.0. The molecular weight excluding hydrogens is 218 g/mol. The van der Waals surface area contributed by atoms with Gasteiger partial charge in [0, 0.05) is 23.0 Å². The summed E-state index contributed by atoms with van der Waals surface area (Å²) in [6, 6.07) is 0.459. The molecule has 0 aromatic heterocycles. The van der Waals surface area contributed by atoms with E-state index in [1.165, 1.54) is 32.1 Å². The van der Waals surface area contributed by atoms with Gasteiger partial charge in [-0.3, -0.25) is 4.79 Å². The molecule has 0 bridgehead atoms. The van der Waals surface area contributed by atoms with Gasteiger partial charge in [0.15, 0.2) is 0 Å². The van der Waals surface area contributed by atoms with Gasteiger partial charge in [-0.15, -0.1) is 0 Å². The zero-order valence-electron chi connectivity index (χ0n) is 10.8. The van der Waals surface area contributed by atoms with Gasteiger partial charge in [-0.05, 0) is 12.8 Å². The molecule has 2 nitrogen and oxygen atoms in total. The van der Waals surface area contributed by atoms with Gasteiger partial charge < -0.3 is 5.32 Å². The molecule has 0 spiro atoms. The third kappa shape index (κ3) is 6.41. The highest BCUT2D eigenvalue weighted by Crippen LogP contribution is 2.23. The van der Waals surface area contributed by atoms with Crippen LogP contribution in [0.4, 0.5) is 0 Å². The Labute approximate surface area is 104 Å². The van der Waals surface area contributed by atoms with E-state index < -0.39 is 0 Å². The van der Waals surface area contributed by atoms with Crippen LogP contribution in [0.25, 0.3) is 0 Å². The first kappa shape index (κ1) is 13.9. The first-order valence-corrected chi connectivity index (χ1v) is 7.39. The van der Waals surface area contributed by atoms with Gasteiger partial charge in [-0.2, -0.15) is 11.8 Å². The summed E-state index contributed by atoms with van der Waals surface area (Å²) in [4.78, 5) is 11.7. The third-order valence-electron chi connectivity index (χ3n) is 2.83. The van der Waals surface area contributed by atoms with Crippen molar-refractivity contribution in [2.45, 2.75) is 70.1 Å². The minimum Gasteiger partial charge on any atom is -0.353 e. The van der Waals surface area contributed by atoms with Crippen molar-refractivity contribution in [3.05, 3.63) is 0 Å². The van der Waals surface area contributed by atoms with E-state index in [4.69, 9.17) is 0 Å². The minimum absolute atomic E-state index is 0.239. The number of hydrogen-bond donors (Lipinski definition) is 1. The van der Waals surface area contributed by atoms with E-state index in [0.717, 1.165) is 5.75 Å². The number of rotatable bonds is 4. The van der Waals surface area contributed by atoms with Crippen LogP contribution < -0.4 is 5.32 Å². The van der Waals surface area contributed by atoms with Crippen LogP contribution in [0.5, 0.6) is 0 Å². The van der Waals surface area contributed by atoms with Gasteiger partial charge in [0.05, 0.1) is 0 Å². The van der Waals surface area contributed by atoms with Crippen molar-refractivity contribution >= 4 is 17.7 Å². The SMILES string of the molecule is CC(C)(C)SCCC(=O)NC1CCCCC1. The van der Waals surface area contributed by atoms with Crippen molar-refractivity contribution in [3.8, 4) is 0 Å². The van der Waals surface area contributed by atoms with Crippen molar-refractivity contribution in [3.63, 3.8) is 0 Å². The first-order chi connectivity index (χ1) is 7.47. The molecule has 1 saturated carbocycles. The lowest BCUT2D eigenvalue weighted by atomic mass is 9.95. The molecule has 0 atom stereocenters. The van der Waals surface area contributed by atoms with Crippen LogP contribution in [0, 0.1) is 0 Å². The first-order valence-electron chi connectivity index (χ1n) is 6.41. The lowest BCUT2D eigenvalue weighted by Gasteiger charge is -2.23. The molecule has 0 aromatic carbocycles. The number of thioether (sulfide) groups is 1. The molecule has 0 saturated heterocycles. The van der Waals surface area contributed by atoms with Crippen molar-refractivity contribution in [2.75, 3.05) is 5.75 Å². The van der Waals surface area contributed by atoms with Gasteiger partial charge in [-0.1, -0.05) is 40.0 Å². The Bertz CT molecular complexity index is 216. The molecule has 1 aliphatic rings. The second kappa shape index (κ2) is 6.53. The highest BCUT2D eigenvalue weighted by Gasteiger charge is 2.16. The smallest absolute Gasteiger partial charge is 0.221 e. The molecule has 94 valence electrons. The van der Waals surface area contributed by atoms with Crippen molar-refractivity contribution in [1.82, 2.24) is 5.32 Å². The Morgan fingerprint density at radius 3 is 2.44 bits per heavy atom. The molecule has 1 amide bonds. The van der Waals surface area contributed by atoms with Gasteiger partial charge >= 0.3 is 0 Å². The van der Waals surface area contributed by atoms with Crippen molar-refractivity contribution in [1.29, 1.82) is 0 Å². The fourth-order valence-corrected chi connectivity index (χ4v) is 2.90. The van der Waals surface area contributed by atoms with Crippen LogP contribution >= 0.6 is 11.8 Å². The maximum Gasteiger partial charge on any atom is 0.221 e. The molecule has 16 heavy (non-hydrogen) atoms. The predicted molar refractivity (Wildman–Crippen MR) is 71.8 cm³/mol. The monoisotopic (exact) mass is 243 g/mol. The Morgan fingerprint density at radius 1 is 1.25 bits per heavy atom. The van der Waals surface area contributed by atoms with Gasteiger partial charge in [0.1, 0.15) is 0 Å². The van der Waals surface area contributed by atoms with Crippen LogP contribution in [0.2, 0.25) is 0 Å². The molecule has 1 rings (SSSR count). The fourth-order valence-electron chi connectivity index (χ4n) is 2.00. The summed E-state index contributed by atoms with van der Waals surface area (Å²) in [5, 5.41) is 3.15. The number of amides is 1. The van der Waals surface area contributed by atoms with Crippen LogP contribution in [0.1, 0.15) is 59.3 Å². The average Bonchev–Trinajstić information content (AvgIpc) is 2.17. The van der Waals surface area contributed by atoms with Crippen molar-refractivity contribution in [2.24, 2.45) is 0 Å². The molecule has 1 N–H and O–H groups in total. The van der Waals surface area contributed by atoms with E-state index in [1.807, 2.05) is 11.8 Å². The summed E-state index contributed by atoms with van der Waals surface area (Å²) in [6.07, 6.45) is 6.92. The van der Waals surface area contributed by atoms with E-state index >= 15 is 0 Å². The van der Waals surface area contributed by atoms with Crippen molar-refractivity contribution < 1.29 is 4.79 Å². The Kier molecular flexibility index (Phi) is 5.67. The van der Waals surface area contributed by atoms with E-state index in [0.29, 0.717) is 12.5 Å². The molecule has 3 heteroatoms. The Hall–Kier alpha value is -0.180. The molecule has 0 aliphatic heterocycles. The lowest BCUT2D eigenvalue weighted by molar-refractivity contribution is -0.121. The minimum atomic E-state index is 0.239. The second-order valence-electron chi connectivity index (χ2n) is 5.61. The van der Waals surface area contributed by atoms with Gasteiger partial charge in [0.2, 0.25) is 5.91 Å². The fraction of sp³-hybridized carbons (Fsp3) is 0.923. The van der Waals surface area contributed by atoms with E-state index in [-0.39, 0.29) is 10.7 Å². The highest BCUT2D eigenvalue weighted by molar-refractivity contribution is 8.00. The van der Waals surface area contributed by atoms with Crippen LogP contribution in [-0.4, -0.2) is 22.4 Å². The lowest BCUT2D eigenvalue weighted by Crippen LogP contribution is -2.36. The quantitative estimate of drug-likeness (QED) is 0.820. The largest absolute Gasteiger partial charge is 0.353 e.